The van der Waals surface area contributed by atoms with E-state index in [1.807, 2.05) is 0 Å². The molecular weight excluding hydrogens is 524 g/mol. The number of nitrogens with zero attached hydrogens (tertiary/aromatic N) is 4. The summed E-state index contributed by atoms with van der Waals surface area (Å²) in [7, 11) is 0. The Morgan fingerprint density at radius 3 is 1.56 bits per heavy atom. The Morgan fingerprint density at radius 1 is 0.615 bits per heavy atom. The molecule has 0 aromatic heterocycles. The molecule has 0 saturated carbocycles. The van der Waals surface area contributed by atoms with Crippen LogP contribution in [-0.4, -0.2) is 30.8 Å². The summed E-state index contributed by atoms with van der Waals surface area (Å²) in [4.78, 5) is 53.8. The fourth-order valence-corrected chi connectivity index (χ4v) is 3.59. The Balaban J connectivity index is 1.90. The maximum absolute atomic E-state index is 12.2. The van der Waals surface area contributed by atoms with Gasteiger partial charge in [-0.05, 0) is 18.2 Å². The smallest absolute Gasteiger partial charge is 0.339 e. The number of aromatic carboxylic acids is 1. The summed E-state index contributed by atoms with van der Waals surface area (Å²) < 4.78 is 11.3. The Hall–Kier alpha value is -6.19. The Morgan fingerprint density at radius 2 is 1.10 bits per heavy atom. The van der Waals surface area contributed by atoms with Gasteiger partial charge in [0.2, 0.25) is 11.5 Å². The van der Waals surface area contributed by atoms with E-state index in [2.05, 4.69) is 0 Å². The highest BCUT2D eigenvalue weighted by atomic mass is 16.6. The number of carbonyl (C=O) groups is 1. The lowest BCUT2D eigenvalue weighted by atomic mass is 10.0. The van der Waals surface area contributed by atoms with Gasteiger partial charge in [0.25, 0.3) is 11.4 Å². The molecule has 0 fully saturated rings. The zero-order valence-corrected chi connectivity index (χ0v) is 19.1. The lowest BCUT2D eigenvalue weighted by Gasteiger charge is -2.16. The van der Waals surface area contributed by atoms with E-state index in [0.717, 1.165) is 30.3 Å². The van der Waals surface area contributed by atoms with Crippen molar-refractivity contribution in [3.8, 4) is 23.0 Å². The van der Waals surface area contributed by atoms with Crippen LogP contribution in [0.2, 0.25) is 0 Å². The summed E-state index contributed by atoms with van der Waals surface area (Å²) in [5, 5.41) is 55.3. The number of rotatable bonds is 9. The highest BCUT2D eigenvalue weighted by Crippen LogP contribution is 2.44. The molecule has 4 aromatic rings. The molecule has 1 N–H and O–H groups in total. The third-order valence-corrected chi connectivity index (χ3v) is 5.32. The number of benzene rings is 4. The molecule has 0 spiro atoms. The van der Waals surface area contributed by atoms with Gasteiger partial charge in [-0.3, -0.25) is 40.5 Å². The highest BCUT2D eigenvalue weighted by molar-refractivity contribution is 6.04. The number of hydrogen-bond donors (Lipinski definition) is 1. The van der Waals surface area contributed by atoms with Crippen LogP contribution in [0.5, 0.6) is 23.0 Å². The first kappa shape index (κ1) is 25.9. The first-order valence-corrected chi connectivity index (χ1v) is 10.5. The molecule has 0 heterocycles. The van der Waals surface area contributed by atoms with Crippen molar-refractivity contribution in [2.75, 3.05) is 0 Å². The third-order valence-electron chi connectivity index (χ3n) is 5.32. The van der Waals surface area contributed by atoms with Crippen LogP contribution in [0.3, 0.4) is 0 Å². The number of carboxylic acid groups (broad SMARTS) is 1. The van der Waals surface area contributed by atoms with E-state index in [9.17, 15) is 50.4 Å². The second-order valence-electron chi connectivity index (χ2n) is 7.64. The van der Waals surface area contributed by atoms with Crippen molar-refractivity contribution in [3.63, 3.8) is 0 Å². The van der Waals surface area contributed by atoms with Gasteiger partial charge in [-0.15, -0.1) is 0 Å². The van der Waals surface area contributed by atoms with Crippen LogP contribution in [0.25, 0.3) is 10.8 Å². The SMILES string of the molecule is O=C(O)c1cc(Oc2ccc([N+](=O)[O-])cc2[N+](=O)[O-])c2ccccc2c1Oc1ccc([N+](=O)[O-])cc1[N+](=O)[O-]. The van der Waals surface area contributed by atoms with Crippen LogP contribution in [0.4, 0.5) is 22.7 Å². The number of nitro benzene ring substituents is 4. The summed E-state index contributed by atoms with van der Waals surface area (Å²) >= 11 is 0. The maximum atomic E-state index is 12.2. The van der Waals surface area contributed by atoms with Crippen LogP contribution in [0, 0.1) is 40.5 Å². The second-order valence-corrected chi connectivity index (χ2v) is 7.64. The molecule has 16 nitrogen and oxygen atoms in total. The minimum atomic E-state index is -1.57. The molecule has 4 rings (SSSR count). The zero-order chi connectivity index (χ0) is 28.4. The fraction of sp³-hybridized carbons (Fsp3) is 0. The minimum Gasteiger partial charge on any atom is -0.478 e. The first-order valence-electron chi connectivity index (χ1n) is 10.5. The molecule has 0 amide bonds. The monoisotopic (exact) mass is 536 g/mol. The summed E-state index contributed by atoms with van der Waals surface area (Å²) in [5.74, 6) is -3.06. The number of non-ortho nitro benzene ring substituents is 2. The largest absolute Gasteiger partial charge is 0.478 e. The predicted octanol–water partition coefficient (Wildman–Crippen LogP) is 5.76. The molecule has 0 saturated heterocycles. The van der Waals surface area contributed by atoms with Gasteiger partial charge in [0.15, 0.2) is 0 Å². The van der Waals surface area contributed by atoms with Crippen molar-refractivity contribution in [1.29, 1.82) is 0 Å². The Labute approximate surface area is 214 Å². The van der Waals surface area contributed by atoms with E-state index in [1.54, 1.807) is 0 Å². The van der Waals surface area contributed by atoms with Crippen molar-refractivity contribution < 1.29 is 39.1 Å². The molecular formula is C23H12N4O12. The molecule has 0 bridgehead atoms. The molecule has 0 aliphatic carbocycles. The minimum absolute atomic E-state index is 0.0598. The van der Waals surface area contributed by atoms with E-state index in [4.69, 9.17) is 9.47 Å². The fourth-order valence-electron chi connectivity index (χ4n) is 3.59. The molecule has 0 aliphatic heterocycles. The molecule has 0 unspecified atom stereocenters. The average molecular weight is 536 g/mol. The van der Waals surface area contributed by atoms with Crippen molar-refractivity contribution in [2.24, 2.45) is 0 Å². The summed E-state index contributed by atoms with van der Waals surface area (Å²) in [6.07, 6.45) is 0. The molecule has 39 heavy (non-hydrogen) atoms. The quantitative estimate of drug-likeness (QED) is 0.199. The van der Waals surface area contributed by atoms with Crippen LogP contribution in [0.1, 0.15) is 10.4 Å². The number of fused-ring (bicyclic) bond motifs is 1. The van der Waals surface area contributed by atoms with E-state index in [1.165, 1.54) is 24.3 Å². The normalized spacial score (nSPS) is 10.6. The first-order chi connectivity index (χ1) is 18.5. The molecule has 0 radical (unpaired) electrons. The van der Waals surface area contributed by atoms with Crippen molar-refractivity contribution in [3.05, 3.63) is 113 Å². The topological polar surface area (TPSA) is 228 Å². The van der Waals surface area contributed by atoms with Crippen LogP contribution in [0.15, 0.2) is 66.7 Å². The van der Waals surface area contributed by atoms with Gasteiger partial charge in [0.1, 0.15) is 17.1 Å². The molecule has 0 atom stereocenters. The van der Waals surface area contributed by atoms with E-state index < -0.39 is 65.5 Å². The molecule has 0 aliphatic rings. The zero-order valence-electron chi connectivity index (χ0n) is 19.1. The molecule has 196 valence electrons. The van der Waals surface area contributed by atoms with Gasteiger partial charge in [-0.2, -0.15) is 0 Å². The number of nitro groups is 4. The summed E-state index contributed by atoms with van der Waals surface area (Å²) in [6, 6.07) is 12.0. The van der Waals surface area contributed by atoms with Gasteiger partial charge in [0.05, 0.1) is 31.8 Å². The van der Waals surface area contributed by atoms with Crippen LogP contribution < -0.4 is 9.47 Å². The van der Waals surface area contributed by atoms with E-state index in [0.29, 0.717) is 12.1 Å². The highest BCUT2D eigenvalue weighted by Gasteiger charge is 2.27. The number of carboxylic acids is 1. The maximum Gasteiger partial charge on any atom is 0.339 e. The Kier molecular flexibility index (Phi) is 6.67. The van der Waals surface area contributed by atoms with E-state index >= 15 is 0 Å². The van der Waals surface area contributed by atoms with Gasteiger partial charge >= 0.3 is 17.3 Å². The summed E-state index contributed by atoms with van der Waals surface area (Å²) in [6.45, 7) is 0. The van der Waals surface area contributed by atoms with Gasteiger partial charge in [-0.25, -0.2) is 4.79 Å². The van der Waals surface area contributed by atoms with Crippen molar-refractivity contribution in [1.82, 2.24) is 0 Å². The van der Waals surface area contributed by atoms with Gasteiger partial charge in [-0.1, -0.05) is 24.3 Å². The van der Waals surface area contributed by atoms with Crippen LogP contribution >= 0.6 is 0 Å². The van der Waals surface area contributed by atoms with Crippen molar-refractivity contribution >= 4 is 39.5 Å². The lowest BCUT2D eigenvalue weighted by molar-refractivity contribution is -0.394. The third kappa shape index (κ3) is 5.05. The molecule has 4 aromatic carbocycles. The van der Waals surface area contributed by atoms with Gasteiger partial charge in [0, 0.05) is 22.9 Å². The summed E-state index contributed by atoms with van der Waals surface area (Å²) in [5.41, 5.74) is -3.29. The predicted molar refractivity (Wildman–Crippen MR) is 131 cm³/mol. The van der Waals surface area contributed by atoms with Crippen molar-refractivity contribution in [2.45, 2.75) is 0 Å². The average Bonchev–Trinajstić information content (AvgIpc) is 2.89. The van der Waals surface area contributed by atoms with Crippen LogP contribution in [-0.2, 0) is 0 Å². The number of ether oxygens (including phenoxy) is 2. The number of hydrogen-bond acceptors (Lipinski definition) is 11. The van der Waals surface area contributed by atoms with E-state index in [-0.39, 0.29) is 22.3 Å². The van der Waals surface area contributed by atoms with Gasteiger partial charge < -0.3 is 14.6 Å². The lowest BCUT2D eigenvalue weighted by Crippen LogP contribution is -2.04. The standard InChI is InChI=1S/C23H12N4O12/c28-23(29)16-11-21(38-19-7-5-12(24(30)31)9-17(19)26(34)35)14-3-1-2-4-15(14)22(16)39-20-8-6-13(25(32)33)10-18(20)27(36)37/h1-11H,(H,28,29). The second kappa shape index (κ2) is 10.1. The molecule has 16 heteroatoms. The Bertz CT molecular complexity index is 1720.